The number of alkyl halides is 1. The number of halogens is 1. The summed E-state index contributed by atoms with van der Waals surface area (Å²) in [4.78, 5) is 0.358. The van der Waals surface area contributed by atoms with Crippen LogP contribution in [0, 0.1) is 0 Å². The van der Waals surface area contributed by atoms with Crippen molar-refractivity contribution in [3.63, 3.8) is 0 Å². The molecule has 0 fully saturated rings. The minimum Gasteiger partial charge on any atom is -0.224 e. The summed E-state index contributed by atoms with van der Waals surface area (Å²) in [7, 11) is -3.08. The molecule has 11 heavy (non-hydrogen) atoms. The van der Waals surface area contributed by atoms with Crippen molar-refractivity contribution in [2.75, 3.05) is 6.26 Å². The van der Waals surface area contributed by atoms with Gasteiger partial charge in [-0.3, -0.25) is 0 Å². The molecule has 0 saturated heterocycles. The molecule has 5 heteroatoms. The first-order chi connectivity index (χ1) is 4.93. The highest BCUT2D eigenvalue weighted by Gasteiger charge is 2.30. The van der Waals surface area contributed by atoms with Crippen LogP contribution < -0.4 is 0 Å². The number of allylic oxidation sites excluding steroid dienone is 1. The molecule has 2 unspecified atom stereocenters. The van der Waals surface area contributed by atoms with E-state index in [2.05, 4.69) is 0 Å². The molecule has 0 N–H and O–H groups in total. The molecule has 2 nitrogen and oxygen atoms in total. The van der Waals surface area contributed by atoms with Crippen LogP contribution in [0.5, 0.6) is 0 Å². The summed E-state index contributed by atoms with van der Waals surface area (Å²) < 4.78 is 22.0. The van der Waals surface area contributed by atoms with Crippen LogP contribution in [0.15, 0.2) is 10.3 Å². The molecule has 0 spiro atoms. The molecular formula is C6H9ClO2S2. The summed E-state index contributed by atoms with van der Waals surface area (Å²) >= 11 is 7.31. The molecule has 0 aromatic heterocycles. The van der Waals surface area contributed by atoms with Gasteiger partial charge in [-0.05, 0) is 5.41 Å². The van der Waals surface area contributed by atoms with Gasteiger partial charge < -0.3 is 0 Å². The lowest BCUT2D eigenvalue weighted by Gasteiger charge is -2.08. The Labute approximate surface area is 75.9 Å². The zero-order valence-electron chi connectivity index (χ0n) is 6.24. The van der Waals surface area contributed by atoms with Crippen LogP contribution in [0.4, 0.5) is 0 Å². The van der Waals surface area contributed by atoms with Crippen LogP contribution in [0.3, 0.4) is 0 Å². The largest absolute Gasteiger partial charge is 0.224 e. The quantitative estimate of drug-likeness (QED) is 0.620. The smallest absolute Gasteiger partial charge is 0.173 e. The second kappa shape index (κ2) is 2.99. The second-order valence-corrected chi connectivity index (χ2v) is 6.27. The average Bonchev–Trinajstić information content (AvgIpc) is 2.11. The van der Waals surface area contributed by atoms with Crippen molar-refractivity contribution in [1.82, 2.24) is 0 Å². The third-order valence-electron chi connectivity index (χ3n) is 1.51. The highest BCUT2D eigenvalue weighted by molar-refractivity contribution is 8.05. The van der Waals surface area contributed by atoms with Crippen LogP contribution in [0.1, 0.15) is 6.92 Å². The first-order valence-corrected chi connectivity index (χ1v) is 6.39. The zero-order valence-corrected chi connectivity index (χ0v) is 8.63. The Morgan fingerprint density at radius 2 is 2.18 bits per heavy atom. The maximum atomic E-state index is 11.0. The van der Waals surface area contributed by atoms with E-state index in [1.165, 1.54) is 18.0 Å². The Hall–Kier alpha value is 0.330. The molecule has 0 bridgehead atoms. The third-order valence-corrected chi connectivity index (χ3v) is 4.87. The van der Waals surface area contributed by atoms with Crippen molar-refractivity contribution >= 4 is 33.2 Å². The van der Waals surface area contributed by atoms with E-state index < -0.39 is 9.84 Å². The molecule has 0 aromatic carbocycles. The fourth-order valence-corrected chi connectivity index (χ4v) is 3.98. The molecule has 1 heterocycles. The van der Waals surface area contributed by atoms with Crippen LogP contribution in [-0.2, 0) is 9.84 Å². The van der Waals surface area contributed by atoms with Gasteiger partial charge in [-0.25, -0.2) is 8.42 Å². The van der Waals surface area contributed by atoms with Gasteiger partial charge in [0.15, 0.2) is 9.84 Å². The monoisotopic (exact) mass is 212 g/mol. The predicted octanol–water partition coefficient (Wildman–Crippen LogP) is 1.62. The summed E-state index contributed by atoms with van der Waals surface area (Å²) in [6.07, 6.45) is 1.19. The zero-order chi connectivity index (χ0) is 8.65. The standard InChI is InChI=1S/C6H9ClO2S2/c1-4-6(7)5(3-10-4)11(2,8)9/h3-4,6H,1-2H3. The lowest BCUT2D eigenvalue weighted by atomic mass is 10.3. The Morgan fingerprint density at radius 1 is 1.64 bits per heavy atom. The molecule has 0 saturated carbocycles. The van der Waals surface area contributed by atoms with Gasteiger partial charge in [0.1, 0.15) is 0 Å². The highest BCUT2D eigenvalue weighted by Crippen LogP contribution is 2.36. The summed E-state index contributed by atoms with van der Waals surface area (Å²) in [5, 5.41) is 1.45. The van der Waals surface area contributed by atoms with Crippen LogP contribution in [0.25, 0.3) is 0 Å². The summed E-state index contributed by atoms with van der Waals surface area (Å²) in [6, 6.07) is 0. The molecule has 2 atom stereocenters. The van der Waals surface area contributed by atoms with E-state index in [0.29, 0.717) is 4.91 Å². The number of rotatable bonds is 1. The summed E-state index contributed by atoms with van der Waals surface area (Å²) in [5.41, 5.74) is 0. The van der Waals surface area contributed by atoms with Crippen molar-refractivity contribution in [3.05, 3.63) is 10.3 Å². The molecule has 0 amide bonds. The van der Waals surface area contributed by atoms with Crippen molar-refractivity contribution < 1.29 is 8.42 Å². The van der Waals surface area contributed by atoms with Gasteiger partial charge >= 0.3 is 0 Å². The van der Waals surface area contributed by atoms with Crippen molar-refractivity contribution in [2.24, 2.45) is 0 Å². The van der Waals surface area contributed by atoms with Gasteiger partial charge in [0.25, 0.3) is 0 Å². The Kier molecular flexibility index (Phi) is 2.56. The lowest BCUT2D eigenvalue weighted by Crippen LogP contribution is -2.16. The number of sulfone groups is 1. The van der Waals surface area contributed by atoms with E-state index in [-0.39, 0.29) is 10.6 Å². The van der Waals surface area contributed by atoms with E-state index in [9.17, 15) is 8.42 Å². The molecule has 1 aliphatic heterocycles. The fraction of sp³-hybridized carbons (Fsp3) is 0.667. The average molecular weight is 213 g/mol. The lowest BCUT2D eigenvalue weighted by molar-refractivity contribution is 0.606. The van der Waals surface area contributed by atoms with E-state index in [4.69, 9.17) is 11.6 Å². The normalized spacial score (nSPS) is 32.1. The van der Waals surface area contributed by atoms with Gasteiger partial charge in [0.2, 0.25) is 0 Å². The van der Waals surface area contributed by atoms with E-state index in [1.807, 2.05) is 6.92 Å². The van der Waals surface area contributed by atoms with E-state index >= 15 is 0 Å². The predicted molar refractivity (Wildman–Crippen MR) is 49.6 cm³/mol. The molecule has 64 valence electrons. The Morgan fingerprint density at radius 3 is 2.36 bits per heavy atom. The molecule has 1 aliphatic rings. The topological polar surface area (TPSA) is 34.1 Å². The van der Waals surface area contributed by atoms with E-state index in [1.54, 1.807) is 5.41 Å². The molecular weight excluding hydrogens is 204 g/mol. The summed E-state index contributed by atoms with van der Waals surface area (Å²) in [6.45, 7) is 1.91. The van der Waals surface area contributed by atoms with Crippen molar-refractivity contribution in [2.45, 2.75) is 17.6 Å². The van der Waals surface area contributed by atoms with Crippen molar-refractivity contribution in [1.29, 1.82) is 0 Å². The third kappa shape index (κ3) is 1.92. The van der Waals surface area contributed by atoms with Crippen molar-refractivity contribution in [3.8, 4) is 0 Å². The Balaban J connectivity index is 2.94. The first kappa shape index (κ1) is 9.42. The van der Waals surface area contributed by atoms with Gasteiger partial charge in [0, 0.05) is 11.5 Å². The molecule has 0 radical (unpaired) electrons. The fourth-order valence-electron chi connectivity index (χ4n) is 0.832. The maximum absolute atomic E-state index is 11.0. The van der Waals surface area contributed by atoms with E-state index in [0.717, 1.165) is 0 Å². The maximum Gasteiger partial charge on any atom is 0.173 e. The van der Waals surface area contributed by atoms with Gasteiger partial charge in [0.05, 0.1) is 10.3 Å². The van der Waals surface area contributed by atoms with Crippen LogP contribution >= 0.6 is 23.4 Å². The number of thioether (sulfide) groups is 1. The summed E-state index contributed by atoms with van der Waals surface area (Å²) in [5.74, 6) is 0. The van der Waals surface area contributed by atoms with Crippen LogP contribution in [0.2, 0.25) is 0 Å². The second-order valence-electron chi connectivity index (χ2n) is 2.54. The minimum absolute atomic E-state index is 0.168. The number of hydrogen-bond donors (Lipinski definition) is 0. The van der Waals surface area contributed by atoms with Gasteiger partial charge in [-0.2, -0.15) is 0 Å². The minimum atomic E-state index is -3.08. The van der Waals surface area contributed by atoms with Crippen LogP contribution in [-0.4, -0.2) is 25.3 Å². The SMILES string of the molecule is CC1SC=C(S(C)(=O)=O)C1Cl. The molecule has 0 aliphatic carbocycles. The number of hydrogen-bond acceptors (Lipinski definition) is 3. The van der Waals surface area contributed by atoms with Gasteiger partial charge in [-0.1, -0.05) is 6.92 Å². The first-order valence-electron chi connectivity index (χ1n) is 3.12. The van der Waals surface area contributed by atoms with Gasteiger partial charge in [-0.15, -0.1) is 23.4 Å². The highest BCUT2D eigenvalue weighted by atomic mass is 35.5. The Bertz CT molecular complexity index is 281. The molecule has 1 rings (SSSR count). The molecule has 0 aromatic rings.